The van der Waals surface area contributed by atoms with E-state index in [-0.39, 0.29) is 53.2 Å². The Hall–Kier alpha value is -0.680. The summed E-state index contributed by atoms with van der Waals surface area (Å²) in [5.74, 6) is 0.455. The summed E-state index contributed by atoms with van der Waals surface area (Å²) in [5.41, 5.74) is -0.481. The maximum absolute atomic E-state index is 6.78. The summed E-state index contributed by atoms with van der Waals surface area (Å²) in [7, 11) is 0. The van der Waals surface area contributed by atoms with Crippen molar-refractivity contribution in [1.29, 1.82) is 0 Å². The zero-order chi connectivity index (χ0) is 21.6. The van der Waals surface area contributed by atoms with Crippen LogP contribution in [0.4, 0.5) is 0 Å². The van der Waals surface area contributed by atoms with Gasteiger partial charge in [-0.2, -0.15) is 0 Å². The Morgan fingerprint density at radius 3 is 2.31 bits per heavy atom. The molecule has 0 amide bonds. The molecule has 0 aromatic carbocycles. The van der Waals surface area contributed by atoms with Crippen molar-refractivity contribution in [2.45, 2.75) is 122 Å². The summed E-state index contributed by atoms with van der Waals surface area (Å²) in [4.78, 5) is 0. The first-order valence-electron chi connectivity index (χ1n) is 11.3. The Balaban J connectivity index is 1.79. The van der Waals surface area contributed by atoms with E-state index in [0.717, 1.165) is 25.7 Å². The number of rotatable bonds is 5. The summed E-state index contributed by atoms with van der Waals surface area (Å²) in [5, 5.41) is 0. The van der Waals surface area contributed by atoms with Crippen molar-refractivity contribution < 1.29 is 18.9 Å². The summed E-state index contributed by atoms with van der Waals surface area (Å²) in [6.07, 6.45) is 7.48. The molecule has 3 saturated heterocycles. The van der Waals surface area contributed by atoms with Crippen LogP contribution in [0.2, 0.25) is 0 Å². The van der Waals surface area contributed by atoms with E-state index in [4.69, 9.17) is 18.9 Å². The maximum atomic E-state index is 6.78. The number of hydrogen-bond acceptors (Lipinski definition) is 4. The minimum Gasteiger partial charge on any atom is -0.369 e. The largest absolute Gasteiger partial charge is 0.369 e. The summed E-state index contributed by atoms with van der Waals surface area (Å²) in [6, 6.07) is 0. The predicted molar refractivity (Wildman–Crippen MR) is 117 cm³/mol. The van der Waals surface area contributed by atoms with Crippen LogP contribution in [-0.4, -0.2) is 47.8 Å². The van der Waals surface area contributed by atoms with Crippen LogP contribution in [0.15, 0.2) is 25.3 Å². The first-order valence-corrected chi connectivity index (χ1v) is 11.3. The van der Waals surface area contributed by atoms with Crippen LogP contribution in [0.5, 0.6) is 0 Å². The van der Waals surface area contributed by atoms with Gasteiger partial charge in [-0.05, 0) is 58.3 Å². The number of hydrogen-bond donors (Lipinski definition) is 0. The smallest absolute Gasteiger partial charge is 0.102 e. The lowest BCUT2D eigenvalue weighted by Crippen LogP contribution is -2.60. The normalized spacial score (nSPS) is 46.5. The van der Waals surface area contributed by atoms with Gasteiger partial charge < -0.3 is 18.9 Å². The van der Waals surface area contributed by atoms with Crippen LogP contribution < -0.4 is 0 Å². The highest BCUT2D eigenvalue weighted by atomic mass is 16.6. The Kier molecular flexibility index (Phi) is 6.43. The van der Waals surface area contributed by atoms with Crippen molar-refractivity contribution in [2.24, 2.45) is 11.3 Å². The lowest BCUT2D eigenvalue weighted by Gasteiger charge is -2.54. The van der Waals surface area contributed by atoms with E-state index in [9.17, 15) is 0 Å². The quantitative estimate of drug-likeness (QED) is 0.568. The second-order valence-electron chi connectivity index (χ2n) is 10.9. The molecule has 3 rings (SSSR count). The van der Waals surface area contributed by atoms with Crippen molar-refractivity contribution in [3.05, 3.63) is 25.3 Å². The molecule has 1 unspecified atom stereocenters. The molecule has 29 heavy (non-hydrogen) atoms. The average molecular weight is 407 g/mol. The molecule has 166 valence electrons. The second-order valence-corrected chi connectivity index (χ2v) is 10.9. The molecular weight excluding hydrogens is 364 g/mol. The van der Waals surface area contributed by atoms with Crippen molar-refractivity contribution in [2.75, 3.05) is 0 Å². The first kappa shape index (κ1) is 23.0. The third-order valence-electron chi connectivity index (χ3n) is 7.87. The Morgan fingerprint density at radius 1 is 1.00 bits per heavy atom. The summed E-state index contributed by atoms with van der Waals surface area (Å²) >= 11 is 0. The van der Waals surface area contributed by atoms with E-state index in [1.165, 1.54) is 0 Å². The SMILES string of the molecule is C=CC[C@]1(C)O[C@H](C)C(C)(C)C[C@H]1O[C@H]1C[C@H]2OC(C)(C)[C@H](C)CC2O[C@H]1C=C. The van der Waals surface area contributed by atoms with Crippen LogP contribution in [0, 0.1) is 11.3 Å². The van der Waals surface area contributed by atoms with E-state index in [1.807, 2.05) is 12.2 Å². The number of ether oxygens (including phenoxy) is 4. The molecule has 0 aromatic heterocycles. The van der Waals surface area contributed by atoms with Crippen LogP contribution >= 0.6 is 0 Å². The van der Waals surface area contributed by atoms with E-state index >= 15 is 0 Å². The summed E-state index contributed by atoms with van der Waals surface area (Å²) in [6.45, 7) is 23.4. The van der Waals surface area contributed by atoms with Crippen LogP contribution in [0.1, 0.15) is 74.1 Å². The number of fused-ring (bicyclic) bond motifs is 1. The van der Waals surface area contributed by atoms with Gasteiger partial charge in [0, 0.05) is 6.42 Å². The monoisotopic (exact) mass is 406 g/mol. The van der Waals surface area contributed by atoms with E-state index < -0.39 is 0 Å². The molecule has 0 spiro atoms. The van der Waals surface area contributed by atoms with Gasteiger partial charge in [-0.25, -0.2) is 0 Å². The van der Waals surface area contributed by atoms with Crippen molar-refractivity contribution >= 4 is 0 Å². The average Bonchev–Trinajstić information content (AvgIpc) is 2.60. The van der Waals surface area contributed by atoms with Gasteiger partial charge in [0.1, 0.15) is 6.10 Å². The fourth-order valence-electron chi connectivity index (χ4n) is 5.07. The lowest BCUT2D eigenvalue weighted by atomic mass is 9.73. The molecule has 0 bridgehead atoms. The molecule has 0 saturated carbocycles. The molecule has 0 N–H and O–H groups in total. The van der Waals surface area contributed by atoms with Crippen molar-refractivity contribution in [3.8, 4) is 0 Å². The molecular formula is C25H42O4. The summed E-state index contributed by atoms with van der Waals surface area (Å²) < 4.78 is 26.2. The fourth-order valence-corrected chi connectivity index (χ4v) is 5.07. The van der Waals surface area contributed by atoms with E-state index in [1.54, 1.807) is 0 Å². The lowest BCUT2D eigenvalue weighted by molar-refractivity contribution is -0.285. The Bertz CT molecular complexity index is 612. The second kappa shape index (κ2) is 8.11. The highest BCUT2D eigenvalue weighted by Crippen LogP contribution is 2.46. The van der Waals surface area contributed by atoms with Crippen LogP contribution in [0.25, 0.3) is 0 Å². The van der Waals surface area contributed by atoms with Gasteiger partial charge in [0.2, 0.25) is 0 Å². The molecule has 4 heteroatoms. The topological polar surface area (TPSA) is 36.9 Å². The van der Waals surface area contributed by atoms with Gasteiger partial charge in [-0.3, -0.25) is 0 Å². The fraction of sp³-hybridized carbons (Fsp3) is 0.840. The van der Waals surface area contributed by atoms with Gasteiger partial charge in [0.25, 0.3) is 0 Å². The third-order valence-corrected chi connectivity index (χ3v) is 7.87. The van der Waals surface area contributed by atoms with Gasteiger partial charge in [-0.1, -0.05) is 32.9 Å². The van der Waals surface area contributed by atoms with Crippen LogP contribution in [-0.2, 0) is 18.9 Å². The Labute approximate surface area is 178 Å². The van der Waals surface area contributed by atoms with Gasteiger partial charge in [-0.15, -0.1) is 13.2 Å². The Morgan fingerprint density at radius 2 is 1.69 bits per heavy atom. The molecule has 3 aliphatic heterocycles. The van der Waals surface area contributed by atoms with Crippen molar-refractivity contribution in [1.82, 2.24) is 0 Å². The molecule has 3 fully saturated rings. The first-order chi connectivity index (χ1) is 13.4. The molecule has 8 atom stereocenters. The molecule has 0 radical (unpaired) electrons. The van der Waals surface area contributed by atoms with E-state index in [0.29, 0.717) is 5.92 Å². The highest BCUT2D eigenvalue weighted by Gasteiger charge is 2.52. The standard InChI is InChI=1S/C25H42O4/c1-10-12-25(9)22(15-23(5,6)17(4)28-25)27-20-14-21-19(26-18(20)11-2)13-16(3)24(7,8)29-21/h10-11,16-22H,1-2,12-15H2,3-9H3/t16-,17-,18+,19?,20+,21-,22-,25+/m1/s1. The third kappa shape index (κ3) is 4.51. The highest BCUT2D eigenvalue weighted by molar-refractivity contribution is 5.04. The van der Waals surface area contributed by atoms with Gasteiger partial charge in [0.15, 0.2) is 0 Å². The van der Waals surface area contributed by atoms with E-state index in [2.05, 4.69) is 61.6 Å². The maximum Gasteiger partial charge on any atom is 0.102 e. The zero-order valence-electron chi connectivity index (χ0n) is 19.6. The van der Waals surface area contributed by atoms with Gasteiger partial charge >= 0.3 is 0 Å². The molecule has 0 aliphatic carbocycles. The molecule has 3 heterocycles. The zero-order valence-corrected chi connectivity index (χ0v) is 19.6. The minimum absolute atomic E-state index is 0.0326. The minimum atomic E-state index is -0.388. The van der Waals surface area contributed by atoms with Gasteiger partial charge in [0.05, 0.1) is 41.7 Å². The predicted octanol–water partition coefficient (Wildman–Crippen LogP) is 5.46. The molecule has 0 aromatic rings. The molecule has 4 nitrogen and oxygen atoms in total. The molecule has 3 aliphatic rings. The van der Waals surface area contributed by atoms with Crippen molar-refractivity contribution in [3.63, 3.8) is 0 Å². The van der Waals surface area contributed by atoms with Crippen LogP contribution in [0.3, 0.4) is 0 Å².